The first-order valence-electron chi connectivity index (χ1n) is 6.17. The van der Waals surface area contributed by atoms with E-state index in [1.54, 1.807) is 30.6 Å². The Kier molecular flexibility index (Phi) is 4.70. The molecule has 5 nitrogen and oxygen atoms in total. The quantitative estimate of drug-likeness (QED) is 0.655. The van der Waals surface area contributed by atoms with Crippen molar-refractivity contribution in [2.45, 2.75) is 20.0 Å². The zero-order chi connectivity index (χ0) is 14.5. The van der Waals surface area contributed by atoms with Gasteiger partial charge in [0.05, 0.1) is 12.0 Å². The number of hydrogen-bond donors (Lipinski definition) is 1. The fourth-order valence-electron chi connectivity index (χ4n) is 1.91. The smallest absolute Gasteiger partial charge is 0.270 e. The number of thiophene rings is 1. The lowest BCUT2D eigenvalue weighted by atomic mass is 10.1. The molecule has 1 aromatic carbocycles. The van der Waals surface area contributed by atoms with E-state index in [1.807, 2.05) is 0 Å². The van der Waals surface area contributed by atoms with Crippen molar-refractivity contribution >= 4 is 17.0 Å². The minimum atomic E-state index is -0.396. The predicted octanol–water partition coefficient (Wildman–Crippen LogP) is 3.26. The van der Waals surface area contributed by atoms with Crippen LogP contribution in [0.4, 0.5) is 5.69 Å². The summed E-state index contributed by atoms with van der Waals surface area (Å²) in [6, 6.07) is 6.71. The Morgan fingerprint density at radius 3 is 2.75 bits per heavy atom. The average Bonchev–Trinajstić information content (AvgIpc) is 2.84. The highest BCUT2D eigenvalue weighted by Gasteiger charge is 2.11. The molecule has 6 heteroatoms. The van der Waals surface area contributed by atoms with Crippen LogP contribution in [0, 0.1) is 17.0 Å². The van der Waals surface area contributed by atoms with Crippen LogP contribution in [0.3, 0.4) is 0 Å². The van der Waals surface area contributed by atoms with Gasteiger partial charge in [0.2, 0.25) is 0 Å². The fraction of sp³-hybridized carbons (Fsp3) is 0.286. The molecule has 0 saturated carbocycles. The number of nitrogens with one attached hydrogen (secondary N) is 1. The maximum Gasteiger partial charge on any atom is 0.270 e. The average molecular weight is 292 g/mol. The Morgan fingerprint density at radius 2 is 2.15 bits per heavy atom. The summed E-state index contributed by atoms with van der Waals surface area (Å²) in [5.74, 6) is 0.658. The number of ether oxygens (including phenoxy) is 1. The molecule has 1 aromatic heterocycles. The van der Waals surface area contributed by atoms with Crippen molar-refractivity contribution in [3.05, 3.63) is 55.8 Å². The number of methoxy groups -OCH3 is 1. The first-order chi connectivity index (χ1) is 9.61. The highest BCUT2D eigenvalue weighted by molar-refractivity contribution is 7.10. The fourth-order valence-corrected chi connectivity index (χ4v) is 2.79. The third-order valence-corrected chi connectivity index (χ3v) is 4.07. The van der Waals surface area contributed by atoms with Crippen LogP contribution in [0.1, 0.15) is 16.0 Å². The van der Waals surface area contributed by atoms with Gasteiger partial charge in [-0.3, -0.25) is 10.1 Å². The normalized spacial score (nSPS) is 10.5. The van der Waals surface area contributed by atoms with Crippen LogP contribution < -0.4 is 10.1 Å². The molecular formula is C14H16N2O3S. The van der Waals surface area contributed by atoms with Crippen molar-refractivity contribution in [1.82, 2.24) is 5.32 Å². The summed E-state index contributed by atoms with van der Waals surface area (Å²) in [6.45, 7) is 3.35. The molecular weight excluding hydrogens is 276 g/mol. The van der Waals surface area contributed by atoms with Crippen LogP contribution >= 0.6 is 11.3 Å². The zero-order valence-electron chi connectivity index (χ0n) is 11.4. The van der Waals surface area contributed by atoms with E-state index in [0.29, 0.717) is 12.3 Å². The van der Waals surface area contributed by atoms with E-state index in [9.17, 15) is 10.1 Å². The van der Waals surface area contributed by atoms with Crippen molar-refractivity contribution in [2.75, 3.05) is 7.11 Å². The molecule has 1 N–H and O–H groups in total. The second-order valence-electron chi connectivity index (χ2n) is 4.38. The minimum Gasteiger partial charge on any atom is -0.496 e. The number of nitro groups is 1. The molecule has 0 spiro atoms. The highest BCUT2D eigenvalue weighted by Crippen LogP contribution is 2.24. The molecule has 0 aliphatic carbocycles. The number of nitro benzene ring substituents is 1. The second-order valence-corrected chi connectivity index (χ2v) is 5.38. The molecule has 0 bridgehead atoms. The zero-order valence-corrected chi connectivity index (χ0v) is 12.2. The van der Waals surface area contributed by atoms with Gasteiger partial charge in [-0.1, -0.05) is 0 Å². The van der Waals surface area contributed by atoms with E-state index in [0.717, 1.165) is 12.1 Å². The summed E-state index contributed by atoms with van der Waals surface area (Å²) in [5, 5.41) is 16.2. The first kappa shape index (κ1) is 14.5. The van der Waals surface area contributed by atoms with Crippen molar-refractivity contribution in [2.24, 2.45) is 0 Å². The third kappa shape index (κ3) is 3.34. The van der Waals surface area contributed by atoms with Crippen molar-refractivity contribution < 1.29 is 9.66 Å². The number of nitrogens with zero attached hydrogens (tertiary/aromatic N) is 1. The SMILES string of the molecule is COc1ccc([N+](=O)[O-])cc1CNCc1sccc1C. The van der Waals surface area contributed by atoms with E-state index in [1.165, 1.54) is 16.5 Å². The largest absolute Gasteiger partial charge is 0.496 e. The molecule has 0 fully saturated rings. The van der Waals surface area contributed by atoms with E-state index < -0.39 is 4.92 Å². The van der Waals surface area contributed by atoms with Crippen LogP contribution in [-0.4, -0.2) is 12.0 Å². The van der Waals surface area contributed by atoms with E-state index >= 15 is 0 Å². The van der Waals surface area contributed by atoms with Gasteiger partial charge < -0.3 is 10.1 Å². The second kappa shape index (κ2) is 6.49. The lowest BCUT2D eigenvalue weighted by Crippen LogP contribution is -2.13. The number of aryl methyl sites for hydroxylation is 1. The van der Waals surface area contributed by atoms with Crippen LogP contribution in [0.15, 0.2) is 29.6 Å². The summed E-state index contributed by atoms with van der Waals surface area (Å²) in [5.41, 5.74) is 2.12. The predicted molar refractivity (Wildman–Crippen MR) is 79.2 cm³/mol. The molecule has 0 unspecified atom stereocenters. The van der Waals surface area contributed by atoms with Gasteiger partial charge in [-0.15, -0.1) is 11.3 Å². The maximum atomic E-state index is 10.8. The van der Waals surface area contributed by atoms with Gasteiger partial charge in [-0.2, -0.15) is 0 Å². The molecule has 20 heavy (non-hydrogen) atoms. The topological polar surface area (TPSA) is 64.4 Å². The van der Waals surface area contributed by atoms with E-state index in [4.69, 9.17) is 4.74 Å². The van der Waals surface area contributed by atoms with Gasteiger partial charge in [0.15, 0.2) is 0 Å². The standard InChI is InChI=1S/C14H16N2O3S/c1-10-5-6-20-14(10)9-15-8-11-7-12(16(17)18)3-4-13(11)19-2/h3-7,15H,8-9H2,1-2H3. The number of non-ortho nitro benzene ring substituents is 1. The third-order valence-electron chi connectivity index (χ3n) is 3.04. The molecule has 0 amide bonds. The van der Waals surface area contributed by atoms with Gasteiger partial charge in [-0.05, 0) is 30.0 Å². The maximum absolute atomic E-state index is 10.8. The van der Waals surface area contributed by atoms with Crippen LogP contribution in [0.25, 0.3) is 0 Å². The van der Waals surface area contributed by atoms with E-state index in [-0.39, 0.29) is 5.69 Å². The summed E-state index contributed by atoms with van der Waals surface area (Å²) in [7, 11) is 1.56. The summed E-state index contributed by atoms with van der Waals surface area (Å²) in [6.07, 6.45) is 0. The lowest BCUT2D eigenvalue weighted by molar-refractivity contribution is -0.384. The van der Waals surface area contributed by atoms with Crippen molar-refractivity contribution in [3.63, 3.8) is 0 Å². The summed E-state index contributed by atoms with van der Waals surface area (Å²) < 4.78 is 5.23. The molecule has 1 heterocycles. The lowest BCUT2D eigenvalue weighted by Gasteiger charge is -2.09. The highest BCUT2D eigenvalue weighted by atomic mass is 32.1. The van der Waals surface area contributed by atoms with Gasteiger partial charge in [0.25, 0.3) is 5.69 Å². The number of rotatable bonds is 6. The minimum absolute atomic E-state index is 0.0786. The number of hydrogen-bond acceptors (Lipinski definition) is 5. The molecule has 0 radical (unpaired) electrons. The van der Waals surface area contributed by atoms with Gasteiger partial charge >= 0.3 is 0 Å². The first-order valence-corrected chi connectivity index (χ1v) is 7.04. The molecule has 106 valence electrons. The Labute approximate surface area is 121 Å². The Hall–Kier alpha value is -1.92. The van der Waals surface area contributed by atoms with Crippen molar-refractivity contribution in [3.8, 4) is 5.75 Å². The van der Waals surface area contributed by atoms with E-state index in [2.05, 4.69) is 23.7 Å². The Balaban J connectivity index is 2.06. The van der Waals surface area contributed by atoms with Gasteiger partial charge in [0.1, 0.15) is 5.75 Å². The molecule has 0 aliphatic heterocycles. The molecule has 0 aliphatic rings. The molecule has 0 atom stereocenters. The Morgan fingerprint density at radius 1 is 1.35 bits per heavy atom. The molecule has 2 aromatic rings. The van der Waals surface area contributed by atoms with Gasteiger partial charge in [-0.25, -0.2) is 0 Å². The number of benzene rings is 1. The Bertz CT molecular complexity index is 610. The molecule has 0 saturated heterocycles. The van der Waals surface area contributed by atoms with Crippen molar-refractivity contribution in [1.29, 1.82) is 0 Å². The van der Waals surface area contributed by atoms with Gasteiger partial charge in [0, 0.05) is 35.7 Å². The molecule has 2 rings (SSSR count). The van der Waals surface area contributed by atoms with Crippen LogP contribution in [-0.2, 0) is 13.1 Å². The summed E-state index contributed by atoms with van der Waals surface area (Å²) in [4.78, 5) is 11.7. The van der Waals surface area contributed by atoms with Crippen LogP contribution in [0.5, 0.6) is 5.75 Å². The van der Waals surface area contributed by atoms with Crippen LogP contribution in [0.2, 0.25) is 0 Å². The monoisotopic (exact) mass is 292 g/mol. The summed E-state index contributed by atoms with van der Waals surface area (Å²) >= 11 is 1.70.